The molecule has 116 valence electrons. The van der Waals surface area contributed by atoms with Gasteiger partial charge in [0, 0.05) is 20.0 Å². The molecule has 0 bridgehead atoms. The van der Waals surface area contributed by atoms with Crippen molar-refractivity contribution in [3.8, 4) is 11.5 Å². The maximum absolute atomic E-state index is 11.8. The van der Waals surface area contributed by atoms with Gasteiger partial charge in [0.15, 0.2) is 0 Å². The Labute approximate surface area is 131 Å². The third kappa shape index (κ3) is 6.94. The standard InChI is InChI=1S/C15H22N2O3S/c1-3-19-12-4-6-13(7-5-12)20-11-9-15(18)17(2)10-8-14(16)21/h4-7H,3,8-11H2,1-2H3,(H2,16,21). The highest BCUT2D eigenvalue weighted by atomic mass is 32.1. The first-order valence-corrected chi connectivity index (χ1v) is 7.31. The van der Waals surface area contributed by atoms with Gasteiger partial charge >= 0.3 is 0 Å². The van der Waals surface area contributed by atoms with Gasteiger partial charge in [0.25, 0.3) is 0 Å². The SMILES string of the molecule is CCOc1ccc(OCCC(=O)N(C)CCC(N)=S)cc1. The zero-order chi connectivity index (χ0) is 15.7. The largest absolute Gasteiger partial charge is 0.494 e. The fraction of sp³-hybridized carbons (Fsp3) is 0.467. The minimum atomic E-state index is 0.0113. The Hall–Kier alpha value is -1.82. The zero-order valence-electron chi connectivity index (χ0n) is 12.5. The molecule has 0 radical (unpaired) electrons. The molecule has 6 heteroatoms. The molecule has 0 spiro atoms. The summed E-state index contributed by atoms with van der Waals surface area (Å²) in [6, 6.07) is 7.34. The number of benzene rings is 1. The minimum Gasteiger partial charge on any atom is -0.494 e. The van der Waals surface area contributed by atoms with E-state index in [0.717, 1.165) is 11.5 Å². The molecule has 0 aliphatic carbocycles. The first kappa shape index (κ1) is 17.2. The normalized spacial score (nSPS) is 10.0. The first-order valence-electron chi connectivity index (χ1n) is 6.91. The second-order valence-corrected chi connectivity index (χ2v) is 5.06. The molecule has 1 aromatic carbocycles. The lowest BCUT2D eigenvalue weighted by Crippen LogP contribution is -2.30. The third-order valence-electron chi connectivity index (χ3n) is 2.84. The number of ether oxygens (including phenoxy) is 2. The lowest BCUT2D eigenvalue weighted by molar-refractivity contribution is -0.130. The highest BCUT2D eigenvalue weighted by molar-refractivity contribution is 7.80. The Bertz CT molecular complexity index is 462. The van der Waals surface area contributed by atoms with Gasteiger partial charge in [-0.3, -0.25) is 4.79 Å². The van der Waals surface area contributed by atoms with Crippen LogP contribution in [0.15, 0.2) is 24.3 Å². The predicted molar refractivity (Wildman–Crippen MR) is 86.8 cm³/mol. The summed E-state index contributed by atoms with van der Waals surface area (Å²) in [6.07, 6.45) is 0.859. The molecule has 1 amide bonds. The number of carbonyl (C=O) groups excluding carboxylic acids is 1. The summed E-state index contributed by atoms with van der Waals surface area (Å²) in [5.41, 5.74) is 5.41. The Kier molecular flexibility index (Phi) is 7.53. The summed E-state index contributed by atoms with van der Waals surface area (Å²) in [5.74, 6) is 1.53. The van der Waals surface area contributed by atoms with Gasteiger partial charge < -0.3 is 20.1 Å². The molecule has 0 saturated heterocycles. The Balaban J connectivity index is 2.28. The van der Waals surface area contributed by atoms with E-state index in [1.165, 1.54) is 0 Å². The maximum Gasteiger partial charge on any atom is 0.225 e. The molecule has 0 saturated carbocycles. The fourth-order valence-electron chi connectivity index (χ4n) is 1.65. The molecular formula is C15H22N2O3S. The summed E-state index contributed by atoms with van der Waals surface area (Å²) in [6.45, 7) is 3.44. The van der Waals surface area contributed by atoms with Gasteiger partial charge in [-0.25, -0.2) is 0 Å². The first-order chi connectivity index (χ1) is 10.0. The van der Waals surface area contributed by atoms with E-state index >= 15 is 0 Å². The van der Waals surface area contributed by atoms with Crippen molar-refractivity contribution in [2.45, 2.75) is 19.8 Å². The van der Waals surface area contributed by atoms with Gasteiger partial charge in [-0.05, 0) is 31.2 Å². The molecule has 1 rings (SSSR count). The maximum atomic E-state index is 11.8. The molecule has 0 aliphatic heterocycles. The average molecular weight is 310 g/mol. The molecule has 21 heavy (non-hydrogen) atoms. The van der Waals surface area contributed by atoms with Crippen molar-refractivity contribution in [3.05, 3.63) is 24.3 Å². The van der Waals surface area contributed by atoms with Crippen molar-refractivity contribution in [1.29, 1.82) is 0 Å². The van der Waals surface area contributed by atoms with E-state index in [4.69, 9.17) is 27.4 Å². The van der Waals surface area contributed by atoms with Crippen molar-refractivity contribution in [2.75, 3.05) is 26.8 Å². The second kappa shape index (κ2) is 9.18. The van der Waals surface area contributed by atoms with Crippen molar-refractivity contribution in [2.24, 2.45) is 5.73 Å². The van der Waals surface area contributed by atoms with Crippen molar-refractivity contribution < 1.29 is 14.3 Å². The van der Waals surface area contributed by atoms with Crippen LogP contribution >= 0.6 is 12.2 Å². The molecule has 5 nitrogen and oxygen atoms in total. The van der Waals surface area contributed by atoms with Gasteiger partial charge in [-0.2, -0.15) is 0 Å². The van der Waals surface area contributed by atoms with Crippen LogP contribution in [-0.4, -0.2) is 42.6 Å². The van der Waals surface area contributed by atoms with Gasteiger partial charge in [0.05, 0.1) is 24.6 Å². The van der Waals surface area contributed by atoms with E-state index in [-0.39, 0.29) is 5.91 Å². The highest BCUT2D eigenvalue weighted by Gasteiger charge is 2.09. The van der Waals surface area contributed by atoms with Crippen LogP contribution in [0.3, 0.4) is 0 Å². The Morgan fingerprint density at radius 2 is 1.76 bits per heavy atom. The Morgan fingerprint density at radius 3 is 2.29 bits per heavy atom. The van der Waals surface area contributed by atoms with Crippen LogP contribution in [0.25, 0.3) is 0 Å². The molecule has 2 N–H and O–H groups in total. The van der Waals surface area contributed by atoms with Crippen LogP contribution in [0.2, 0.25) is 0 Å². The Morgan fingerprint density at radius 1 is 1.19 bits per heavy atom. The number of hydrogen-bond donors (Lipinski definition) is 1. The average Bonchev–Trinajstić information content (AvgIpc) is 2.46. The van der Waals surface area contributed by atoms with E-state index in [1.807, 2.05) is 31.2 Å². The van der Waals surface area contributed by atoms with Crippen LogP contribution in [0, 0.1) is 0 Å². The topological polar surface area (TPSA) is 64.8 Å². The van der Waals surface area contributed by atoms with E-state index in [9.17, 15) is 4.79 Å². The summed E-state index contributed by atoms with van der Waals surface area (Å²) < 4.78 is 10.9. The molecule has 0 aliphatic rings. The van der Waals surface area contributed by atoms with E-state index < -0.39 is 0 Å². The number of carbonyl (C=O) groups is 1. The van der Waals surface area contributed by atoms with Crippen molar-refractivity contribution in [3.63, 3.8) is 0 Å². The van der Waals surface area contributed by atoms with Crippen LogP contribution in [0.5, 0.6) is 11.5 Å². The number of amides is 1. The molecule has 0 aromatic heterocycles. The summed E-state index contributed by atoms with van der Waals surface area (Å²) >= 11 is 4.79. The molecule has 0 unspecified atom stereocenters. The number of rotatable bonds is 9. The van der Waals surface area contributed by atoms with Crippen LogP contribution < -0.4 is 15.2 Å². The number of thiocarbonyl (C=S) groups is 1. The summed E-state index contributed by atoms with van der Waals surface area (Å²) in [5, 5.41) is 0. The molecule has 0 heterocycles. The fourth-order valence-corrected chi connectivity index (χ4v) is 1.74. The summed E-state index contributed by atoms with van der Waals surface area (Å²) in [7, 11) is 1.73. The highest BCUT2D eigenvalue weighted by Crippen LogP contribution is 2.17. The van der Waals surface area contributed by atoms with Crippen LogP contribution in [0.1, 0.15) is 19.8 Å². The van der Waals surface area contributed by atoms with Gasteiger partial charge in [-0.1, -0.05) is 12.2 Å². The third-order valence-corrected chi connectivity index (χ3v) is 3.04. The van der Waals surface area contributed by atoms with Gasteiger partial charge in [0.2, 0.25) is 5.91 Å². The molecular weight excluding hydrogens is 288 g/mol. The zero-order valence-corrected chi connectivity index (χ0v) is 13.3. The number of nitrogens with zero attached hydrogens (tertiary/aromatic N) is 1. The smallest absolute Gasteiger partial charge is 0.225 e. The van der Waals surface area contributed by atoms with Gasteiger partial charge in [-0.15, -0.1) is 0 Å². The molecule has 0 atom stereocenters. The van der Waals surface area contributed by atoms with Crippen LogP contribution in [0.4, 0.5) is 0 Å². The van der Waals surface area contributed by atoms with Gasteiger partial charge in [0.1, 0.15) is 11.5 Å². The monoisotopic (exact) mass is 310 g/mol. The quantitative estimate of drug-likeness (QED) is 0.707. The minimum absolute atomic E-state index is 0.0113. The van der Waals surface area contributed by atoms with E-state index in [2.05, 4.69) is 0 Å². The van der Waals surface area contributed by atoms with E-state index in [0.29, 0.717) is 37.6 Å². The number of nitrogens with two attached hydrogens (primary N) is 1. The van der Waals surface area contributed by atoms with Crippen LogP contribution in [-0.2, 0) is 4.79 Å². The predicted octanol–water partition coefficient (Wildman–Crippen LogP) is 1.99. The van der Waals surface area contributed by atoms with E-state index in [1.54, 1.807) is 11.9 Å². The second-order valence-electron chi connectivity index (χ2n) is 4.53. The molecule has 1 aromatic rings. The molecule has 0 fully saturated rings. The lowest BCUT2D eigenvalue weighted by Gasteiger charge is -2.16. The number of hydrogen-bond acceptors (Lipinski definition) is 4. The van der Waals surface area contributed by atoms with Crippen molar-refractivity contribution >= 4 is 23.1 Å². The summed E-state index contributed by atoms with van der Waals surface area (Å²) in [4.78, 5) is 13.9. The van der Waals surface area contributed by atoms with Crippen molar-refractivity contribution in [1.82, 2.24) is 4.90 Å². The lowest BCUT2D eigenvalue weighted by atomic mass is 10.3.